The standard InChI is InChI=1S/C63H52N2/c1-4-10-46(11-5-1)49-16-28-57(29-17-49)64(58-30-18-50(19-31-58)47-12-6-2-7-13-47)59-34-22-52(23-35-59)53-24-36-61(37-25-53)65(60-32-20-51(21-33-60)48-14-8-3-9-15-48)62-38-26-56(27-39-62)63-42-45-40-54(43-63)55(41-45)44-63/h1-39,45,54-55H,40-44H2. The largest absolute Gasteiger partial charge is 0.311 e. The van der Waals surface area contributed by atoms with E-state index in [0.717, 1.165) is 46.2 Å². The third kappa shape index (κ3) is 7.53. The molecular weight excluding hydrogens is 785 g/mol. The molecule has 4 saturated carbocycles. The Balaban J connectivity index is 0.851. The van der Waals surface area contributed by atoms with Gasteiger partial charge in [-0.1, -0.05) is 164 Å². The van der Waals surface area contributed by atoms with Gasteiger partial charge in [0.2, 0.25) is 0 Å². The molecule has 2 heteroatoms. The smallest absolute Gasteiger partial charge is 0.0462 e. The fourth-order valence-electron chi connectivity index (χ4n) is 11.9. The summed E-state index contributed by atoms with van der Waals surface area (Å²) < 4.78 is 0. The Morgan fingerprint density at radius 3 is 0.769 bits per heavy atom. The number of anilines is 6. The molecule has 13 rings (SSSR count). The molecule has 4 aliphatic rings. The zero-order chi connectivity index (χ0) is 43.2. The lowest BCUT2D eigenvalue weighted by atomic mass is 9.66. The van der Waals surface area contributed by atoms with E-state index < -0.39 is 0 Å². The average molecular weight is 837 g/mol. The second-order valence-corrected chi connectivity index (χ2v) is 18.8. The third-order valence-corrected chi connectivity index (χ3v) is 14.9. The molecule has 0 saturated heterocycles. The predicted octanol–water partition coefficient (Wildman–Crippen LogP) is 17.4. The zero-order valence-electron chi connectivity index (χ0n) is 36.7. The van der Waals surface area contributed by atoms with Crippen LogP contribution in [0.3, 0.4) is 0 Å². The second-order valence-electron chi connectivity index (χ2n) is 18.8. The van der Waals surface area contributed by atoms with E-state index in [-0.39, 0.29) is 0 Å². The number of nitrogens with zero attached hydrogens (tertiary/aromatic N) is 2. The Morgan fingerprint density at radius 2 is 0.508 bits per heavy atom. The summed E-state index contributed by atoms with van der Waals surface area (Å²) in [5.41, 5.74) is 18.4. The van der Waals surface area contributed by atoms with Gasteiger partial charge >= 0.3 is 0 Å². The van der Waals surface area contributed by atoms with Crippen LogP contribution in [0, 0.1) is 17.8 Å². The molecule has 2 unspecified atom stereocenters. The van der Waals surface area contributed by atoms with E-state index in [4.69, 9.17) is 0 Å². The Kier molecular flexibility index (Phi) is 10.0. The van der Waals surface area contributed by atoms with Crippen LogP contribution < -0.4 is 9.80 Å². The Morgan fingerprint density at radius 1 is 0.262 bits per heavy atom. The molecule has 4 aliphatic carbocycles. The average Bonchev–Trinajstić information content (AvgIpc) is 3.81. The fraction of sp³-hybridized carbons (Fsp3) is 0.143. The van der Waals surface area contributed by atoms with Crippen molar-refractivity contribution in [1.82, 2.24) is 0 Å². The van der Waals surface area contributed by atoms with Gasteiger partial charge in [-0.3, -0.25) is 0 Å². The molecule has 0 aliphatic heterocycles. The van der Waals surface area contributed by atoms with Crippen LogP contribution in [0.1, 0.15) is 37.7 Å². The molecule has 0 radical (unpaired) electrons. The molecule has 0 aromatic heterocycles. The second kappa shape index (κ2) is 16.6. The number of benzene rings is 9. The van der Waals surface area contributed by atoms with Gasteiger partial charge in [0.1, 0.15) is 0 Å². The van der Waals surface area contributed by atoms with Crippen LogP contribution in [0.2, 0.25) is 0 Å². The quantitative estimate of drug-likeness (QED) is 0.128. The van der Waals surface area contributed by atoms with Crippen LogP contribution in [-0.2, 0) is 5.41 Å². The van der Waals surface area contributed by atoms with Gasteiger partial charge in [0.25, 0.3) is 0 Å². The maximum atomic E-state index is 2.46. The van der Waals surface area contributed by atoms with Crippen molar-refractivity contribution in [3.63, 3.8) is 0 Å². The highest BCUT2D eigenvalue weighted by Gasteiger charge is 2.56. The van der Waals surface area contributed by atoms with E-state index in [1.165, 1.54) is 82.3 Å². The first-order valence-corrected chi connectivity index (χ1v) is 23.5. The van der Waals surface area contributed by atoms with E-state index in [9.17, 15) is 0 Å². The topological polar surface area (TPSA) is 6.48 Å². The van der Waals surface area contributed by atoms with E-state index in [0.29, 0.717) is 5.41 Å². The maximum Gasteiger partial charge on any atom is 0.0462 e. The Hall–Kier alpha value is -7.42. The Bertz CT molecular complexity index is 2910. The molecule has 9 aromatic carbocycles. The molecule has 9 aromatic rings. The van der Waals surface area contributed by atoms with E-state index in [1.54, 1.807) is 5.56 Å². The lowest BCUT2D eigenvalue weighted by molar-refractivity contribution is 0.229. The van der Waals surface area contributed by atoms with Crippen LogP contribution in [0.25, 0.3) is 44.5 Å². The van der Waals surface area contributed by atoms with E-state index in [1.807, 2.05) is 0 Å². The molecule has 4 bridgehead atoms. The van der Waals surface area contributed by atoms with E-state index >= 15 is 0 Å². The van der Waals surface area contributed by atoms with Crippen LogP contribution in [-0.4, -0.2) is 0 Å². The minimum absolute atomic E-state index is 0.394. The van der Waals surface area contributed by atoms with Crippen molar-refractivity contribution in [3.05, 3.63) is 242 Å². The zero-order valence-corrected chi connectivity index (χ0v) is 36.7. The van der Waals surface area contributed by atoms with E-state index in [2.05, 4.69) is 246 Å². The number of hydrogen-bond acceptors (Lipinski definition) is 2. The number of rotatable bonds is 11. The molecular formula is C63H52N2. The van der Waals surface area contributed by atoms with Gasteiger partial charge in [-0.05, 0) is 178 Å². The molecule has 65 heavy (non-hydrogen) atoms. The van der Waals surface area contributed by atoms with Gasteiger partial charge < -0.3 is 9.80 Å². The highest BCUT2D eigenvalue weighted by molar-refractivity contribution is 5.83. The van der Waals surface area contributed by atoms with Crippen LogP contribution in [0.15, 0.2) is 237 Å². The minimum Gasteiger partial charge on any atom is -0.311 e. The fourth-order valence-corrected chi connectivity index (χ4v) is 11.9. The van der Waals surface area contributed by atoms with Crippen molar-refractivity contribution in [3.8, 4) is 44.5 Å². The highest BCUT2D eigenvalue weighted by Crippen LogP contribution is 2.64. The van der Waals surface area contributed by atoms with Crippen molar-refractivity contribution in [2.45, 2.75) is 37.5 Å². The summed E-state index contributed by atoms with van der Waals surface area (Å²) in [5.74, 6) is 2.85. The highest BCUT2D eigenvalue weighted by atomic mass is 15.1. The van der Waals surface area contributed by atoms with Gasteiger partial charge in [-0.15, -0.1) is 0 Å². The van der Waals surface area contributed by atoms with Crippen molar-refractivity contribution < 1.29 is 0 Å². The first-order valence-electron chi connectivity index (χ1n) is 23.5. The molecule has 314 valence electrons. The lowest BCUT2D eigenvalue weighted by Crippen LogP contribution is -2.31. The van der Waals surface area contributed by atoms with Gasteiger partial charge in [-0.2, -0.15) is 0 Å². The maximum absolute atomic E-state index is 2.46. The third-order valence-electron chi connectivity index (χ3n) is 14.9. The van der Waals surface area contributed by atoms with Crippen molar-refractivity contribution in [2.75, 3.05) is 9.80 Å². The van der Waals surface area contributed by atoms with Crippen molar-refractivity contribution in [2.24, 2.45) is 17.8 Å². The summed E-state index contributed by atoms with van der Waals surface area (Å²) in [6.45, 7) is 0. The SMILES string of the molecule is c1ccc(-c2ccc(N(c3ccc(-c4ccccc4)cc3)c3ccc(-c4ccc(N(c5ccc(-c6ccccc6)cc5)c5ccc(C67CC8CC(C6)C(C8)C7)cc5)cc4)cc3)cc2)cc1. The Labute approximate surface area is 384 Å². The monoisotopic (exact) mass is 836 g/mol. The van der Waals surface area contributed by atoms with Gasteiger partial charge in [-0.25, -0.2) is 0 Å². The van der Waals surface area contributed by atoms with Gasteiger partial charge in [0, 0.05) is 34.1 Å². The summed E-state index contributed by atoms with van der Waals surface area (Å²) in [6, 6.07) is 86.6. The summed E-state index contributed by atoms with van der Waals surface area (Å²) in [5, 5.41) is 0. The molecule has 0 heterocycles. The normalized spacial score (nSPS) is 19.3. The van der Waals surface area contributed by atoms with Crippen LogP contribution in [0.4, 0.5) is 34.1 Å². The molecule has 4 fully saturated rings. The summed E-state index contributed by atoms with van der Waals surface area (Å²) in [6.07, 6.45) is 7.12. The minimum atomic E-state index is 0.394. The predicted molar refractivity (Wildman–Crippen MR) is 273 cm³/mol. The van der Waals surface area contributed by atoms with Crippen molar-refractivity contribution >= 4 is 34.1 Å². The lowest BCUT2D eigenvalue weighted by Gasteiger charge is -2.39. The summed E-state index contributed by atoms with van der Waals surface area (Å²) in [4.78, 5) is 4.77. The number of hydrogen-bond donors (Lipinski definition) is 0. The van der Waals surface area contributed by atoms with Gasteiger partial charge in [0.15, 0.2) is 0 Å². The molecule has 0 spiro atoms. The summed E-state index contributed by atoms with van der Waals surface area (Å²) in [7, 11) is 0. The summed E-state index contributed by atoms with van der Waals surface area (Å²) >= 11 is 0. The van der Waals surface area contributed by atoms with Crippen LogP contribution >= 0.6 is 0 Å². The van der Waals surface area contributed by atoms with Crippen LogP contribution in [0.5, 0.6) is 0 Å². The molecule has 0 amide bonds. The van der Waals surface area contributed by atoms with Crippen molar-refractivity contribution in [1.29, 1.82) is 0 Å². The molecule has 2 atom stereocenters. The molecule has 2 nitrogen and oxygen atoms in total. The molecule has 0 N–H and O–H groups in total. The first-order chi connectivity index (χ1) is 32.1. The van der Waals surface area contributed by atoms with Gasteiger partial charge in [0.05, 0.1) is 0 Å². The first kappa shape index (κ1) is 39.2.